The number of carboxylic acid groups (broad SMARTS) is 1. The van der Waals surface area contributed by atoms with Crippen molar-refractivity contribution in [3.8, 4) is 11.3 Å². The van der Waals surface area contributed by atoms with Gasteiger partial charge in [-0.25, -0.2) is 22.9 Å². The molecule has 0 atom stereocenters. The second-order valence-electron chi connectivity index (χ2n) is 4.42. The van der Waals surface area contributed by atoms with Crippen molar-refractivity contribution in [1.29, 1.82) is 0 Å². The van der Waals surface area contributed by atoms with Gasteiger partial charge in [0.1, 0.15) is 0 Å². The molecule has 0 radical (unpaired) electrons. The van der Waals surface area contributed by atoms with E-state index in [0.29, 0.717) is 0 Å². The molecule has 1 heterocycles. The molecule has 5 nitrogen and oxygen atoms in total. The van der Waals surface area contributed by atoms with Gasteiger partial charge in [-0.1, -0.05) is 17.7 Å². The van der Waals surface area contributed by atoms with Crippen LogP contribution in [0.2, 0.25) is 5.02 Å². The minimum atomic E-state index is -2.99. The summed E-state index contributed by atoms with van der Waals surface area (Å²) in [6, 6.07) is 1.95. The Morgan fingerprint density at radius 3 is 2.70 bits per heavy atom. The van der Waals surface area contributed by atoms with Crippen LogP contribution in [-0.4, -0.2) is 28.2 Å². The van der Waals surface area contributed by atoms with Crippen LogP contribution in [0.3, 0.4) is 0 Å². The van der Waals surface area contributed by atoms with Crippen LogP contribution in [-0.2, 0) is 11.3 Å². The third kappa shape index (κ3) is 3.43. The van der Waals surface area contributed by atoms with Gasteiger partial charge in [0, 0.05) is 18.2 Å². The first-order chi connectivity index (χ1) is 10.9. The summed E-state index contributed by atoms with van der Waals surface area (Å²) in [4.78, 5) is 18.8. The number of hydrogen-bond acceptors (Lipinski definition) is 4. The molecule has 0 bridgehead atoms. The Kier molecular flexibility index (Phi) is 5.17. The molecule has 0 aliphatic heterocycles. The maximum absolute atomic E-state index is 14.2. The molecule has 1 aromatic heterocycles. The van der Waals surface area contributed by atoms with E-state index in [1.807, 2.05) is 0 Å². The summed E-state index contributed by atoms with van der Waals surface area (Å²) in [5.41, 5.74) is -2.10. The fraction of sp³-hybridized carbons (Fsp3) is 0.214. The van der Waals surface area contributed by atoms with Gasteiger partial charge >= 0.3 is 5.97 Å². The van der Waals surface area contributed by atoms with Crippen molar-refractivity contribution in [3.63, 3.8) is 0 Å². The Morgan fingerprint density at radius 1 is 1.43 bits per heavy atom. The molecule has 0 saturated carbocycles. The molecule has 0 aliphatic carbocycles. The molecule has 0 spiro atoms. The molecule has 0 unspecified atom stereocenters. The van der Waals surface area contributed by atoms with E-state index in [1.165, 1.54) is 7.11 Å². The van der Waals surface area contributed by atoms with Crippen LogP contribution in [0, 0.1) is 5.82 Å². The topological polar surface area (TPSA) is 72.3 Å². The molecule has 0 fully saturated rings. The first-order valence-corrected chi connectivity index (χ1v) is 6.59. The predicted molar refractivity (Wildman–Crippen MR) is 75.1 cm³/mol. The van der Waals surface area contributed by atoms with Crippen LogP contribution in [0.1, 0.15) is 28.2 Å². The molecule has 0 aliphatic rings. The van der Waals surface area contributed by atoms with E-state index >= 15 is 0 Å². The number of halogens is 4. The van der Waals surface area contributed by atoms with E-state index in [0.717, 1.165) is 18.3 Å². The lowest BCUT2D eigenvalue weighted by Crippen LogP contribution is -2.10. The number of aromatic nitrogens is 2. The zero-order chi connectivity index (χ0) is 17.1. The van der Waals surface area contributed by atoms with Gasteiger partial charge in [0.25, 0.3) is 6.43 Å². The quantitative estimate of drug-likeness (QED) is 0.893. The number of carboxylic acids is 1. The largest absolute Gasteiger partial charge is 0.476 e. The lowest BCUT2D eigenvalue weighted by Gasteiger charge is -2.12. The number of ether oxygens (including phenoxy) is 1. The Labute approximate surface area is 133 Å². The highest BCUT2D eigenvalue weighted by atomic mass is 35.5. The average Bonchev–Trinajstić information content (AvgIpc) is 2.50. The van der Waals surface area contributed by atoms with Crippen molar-refractivity contribution in [3.05, 3.63) is 46.1 Å². The molecule has 2 rings (SSSR count). The van der Waals surface area contributed by atoms with Crippen LogP contribution in [0.5, 0.6) is 0 Å². The van der Waals surface area contributed by atoms with Crippen molar-refractivity contribution >= 4 is 17.6 Å². The Hall–Kier alpha value is -2.19. The van der Waals surface area contributed by atoms with Crippen molar-refractivity contribution in [1.82, 2.24) is 9.97 Å². The van der Waals surface area contributed by atoms with Crippen LogP contribution in [0.4, 0.5) is 13.2 Å². The van der Waals surface area contributed by atoms with Crippen LogP contribution >= 0.6 is 11.6 Å². The van der Waals surface area contributed by atoms with Crippen LogP contribution in [0.15, 0.2) is 18.3 Å². The number of benzene rings is 1. The summed E-state index contributed by atoms with van der Waals surface area (Å²) in [6.07, 6.45) is -1.99. The van der Waals surface area contributed by atoms with Gasteiger partial charge in [0.2, 0.25) is 0 Å². The van der Waals surface area contributed by atoms with E-state index in [2.05, 4.69) is 9.97 Å². The predicted octanol–water partition coefficient (Wildman–Crippen LogP) is 3.72. The summed E-state index contributed by atoms with van der Waals surface area (Å²) in [5, 5.41) is 8.75. The number of alkyl halides is 2. The minimum Gasteiger partial charge on any atom is -0.476 e. The highest BCUT2D eigenvalue weighted by Crippen LogP contribution is 2.35. The van der Waals surface area contributed by atoms with Crippen molar-refractivity contribution in [2.24, 2.45) is 0 Å². The number of rotatable bonds is 5. The van der Waals surface area contributed by atoms with Crippen molar-refractivity contribution < 1.29 is 27.8 Å². The molecule has 9 heteroatoms. The van der Waals surface area contributed by atoms with Gasteiger partial charge in [-0.3, -0.25) is 4.98 Å². The lowest BCUT2D eigenvalue weighted by atomic mass is 10.0. The van der Waals surface area contributed by atoms with Gasteiger partial charge in [-0.05, 0) is 6.07 Å². The average molecular weight is 347 g/mol. The van der Waals surface area contributed by atoms with Gasteiger partial charge in [-0.2, -0.15) is 0 Å². The molecule has 0 saturated heterocycles. The van der Waals surface area contributed by atoms with E-state index in [4.69, 9.17) is 21.4 Å². The molecule has 23 heavy (non-hydrogen) atoms. The van der Waals surface area contributed by atoms with Gasteiger partial charge < -0.3 is 9.84 Å². The van der Waals surface area contributed by atoms with Crippen LogP contribution < -0.4 is 0 Å². The van der Waals surface area contributed by atoms with Gasteiger partial charge in [0.15, 0.2) is 11.5 Å². The highest BCUT2D eigenvalue weighted by molar-refractivity contribution is 6.31. The Balaban J connectivity index is 2.70. The van der Waals surface area contributed by atoms with E-state index in [1.54, 1.807) is 0 Å². The molecule has 1 aromatic carbocycles. The number of hydrogen-bond donors (Lipinski definition) is 1. The SMILES string of the molecule is COCc1ncc(-c2c(C(F)F)ccc(Cl)c2F)nc1C(=O)O. The first-order valence-electron chi connectivity index (χ1n) is 6.21. The van der Waals surface area contributed by atoms with E-state index < -0.39 is 35.0 Å². The number of aromatic carboxylic acids is 1. The summed E-state index contributed by atoms with van der Waals surface area (Å²) >= 11 is 5.62. The van der Waals surface area contributed by atoms with Gasteiger partial charge in [-0.15, -0.1) is 0 Å². The summed E-state index contributed by atoms with van der Waals surface area (Å²) < 4.78 is 45.2. The molecular weight excluding hydrogens is 337 g/mol. The maximum atomic E-state index is 14.2. The number of methoxy groups -OCH3 is 1. The second-order valence-corrected chi connectivity index (χ2v) is 4.82. The molecule has 2 aromatic rings. The standard InChI is InChI=1S/C14H10ClF3N2O3/c1-23-5-9-12(14(21)22)20-8(4-19-9)10-6(13(17)18)2-3-7(15)11(10)16/h2-4,13H,5H2,1H3,(H,21,22). The zero-order valence-electron chi connectivity index (χ0n) is 11.7. The zero-order valence-corrected chi connectivity index (χ0v) is 12.4. The summed E-state index contributed by atoms with van der Waals surface area (Å²) in [5.74, 6) is -2.55. The molecule has 122 valence electrons. The molecule has 0 amide bonds. The van der Waals surface area contributed by atoms with Gasteiger partial charge in [0.05, 0.1) is 29.2 Å². The fourth-order valence-electron chi connectivity index (χ4n) is 1.96. The van der Waals surface area contributed by atoms with Crippen molar-refractivity contribution in [2.45, 2.75) is 13.0 Å². The minimum absolute atomic E-state index is 0.00946. The Morgan fingerprint density at radius 2 is 2.13 bits per heavy atom. The number of nitrogens with zero attached hydrogens (tertiary/aromatic N) is 2. The Bertz CT molecular complexity index is 756. The second kappa shape index (κ2) is 6.93. The summed E-state index contributed by atoms with van der Waals surface area (Å²) in [6.45, 7) is -0.144. The molecular formula is C14H10ClF3N2O3. The maximum Gasteiger partial charge on any atom is 0.356 e. The lowest BCUT2D eigenvalue weighted by molar-refractivity contribution is 0.0683. The smallest absolute Gasteiger partial charge is 0.356 e. The highest BCUT2D eigenvalue weighted by Gasteiger charge is 2.24. The summed E-state index contributed by atoms with van der Waals surface area (Å²) in [7, 11) is 1.33. The van der Waals surface area contributed by atoms with Crippen LogP contribution in [0.25, 0.3) is 11.3 Å². The number of carbonyl (C=O) groups is 1. The van der Waals surface area contributed by atoms with Crippen molar-refractivity contribution in [2.75, 3.05) is 7.11 Å². The fourth-order valence-corrected chi connectivity index (χ4v) is 2.11. The third-order valence-corrected chi connectivity index (χ3v) is 3.24. The molecule has 1 N–H and O–H groups in total. The third-order valence-electron chi connectivity index (χ3n) is 2.95. The normalized spacial score (nSPS) is 11.0. The van der Waals surface area contributed by atoms with E-state index in [-0.39, 0.29) is 23.0 Å². The first kappa shape index (κ1) is 17.2. The monoisotopic (exact) mass is 346 g/mol. The van der Waals surface area contributed by atoms with E-state index in [9.17, 15) is 18.0 Å².